The third-order valence-electron chi connectivity index (χ3n) is 6.03. The standard InChI is InChI=1S/C27H19Cl2N3O6S/c1-3-37-26(34)23-14(2)30-27-31(25(33)22(39-27)12-15-6-4-5-7-18(15)28)24(23)21-11-10-20(38-21)17-13-16(32(35)36)8-9-19(17)29/h4-13,24H,3H2,1-2H3/b22-12-/t24-/m0/s1. The molecule has 0 radical (unpaired) electrons. The molecule has 0 spiro atoms. The van der Waals surface area contributed by atoms with E-state index in [-0.39, 0.29) is 34.4 Å². The van der Waals surface area contributed by atoms with E-state index in [1.54, 1.807) is 50.3 Å². The van der Waals surface area contributed by atoms with Crippen LogP contribution >= 0.6 is 34.5 Å². The summed E-state index contributed by atoms with van der Waals surface area (Å²) < 4.78 is 13.1. The molecule has 0 bridgehead atoms. The molecule has 9 nitrogen and oxygen atoms in total. The first-order chi connectivity index (χ1) is 18.7. The summed E-state index contributed by atoms with van der Waals surface area (Å²) in [7, 11) is 0. The van der Waals surface area contributed by atoms with Crippen molar-refractivity contribution in [2.24, 2.45) is 4.99 Å². The van der Waals surface area contributed by atoms with E-state index >= 15 is 0 Å². The first kappa shape index (κ1) is 26.6. The number of thiazole rings is 1. The Bertz CT molecular complexity index is 1850. The Morgan fingerprint density at radius 2 is 1.97 bits per heavy atom. The van der Waals surface area contributed by atoms with Crippen molar-refractivity contribution in [3.63, 3.8) is 0 Å². The number of nitrogens with zero attached hydrogens (tertiary/aromatic N) is 3. The number of carbonyl (C=O) groups is 1. The number of hydrogen-bond acceptors (Lipinski definition) is 8. The average Bonchev–Trinajstić information content (AvgIpc) is 3.50. The highest BCUT2D eigenvalue weighted by atomic mass is 35.5. The summed E-state index contributed by atoms with van der Waals surface area (Å²) in [5.74, 6) is -0.180. The van der Waals surface area contributed by atoms with Gasteiger partial charge in [-0.3, -0.25) is 19.5 Å². The number of benzene rings is 2. The van der Waals surface area contributed by atoms with Gasteiger partial charge in [0.2, 0.25) is 0 Å². The van der Waals surface area contributed by atoms with Gasteiger partial charge in [0.1, 0.15) is 17.6 Å². The number of nitro groups is 1. The zero-order valence-electron chi connectivity index (χ0n) is 20.5. The second-order valence-electron chi connectivity index (χ2n) is 8.45. The summed E-state index contributed by atoms with van der Waals surface area (Å²) >= 11 is 13.8. The Balaban J connectivity index is 1.71. The van der Waals surface area contributed by atoms with Gasteiger partial charge in [0.05, 0.1) is 32.4 Å². The molecule has 1 atom stereocenters. The number of esters is 1. The fraction of sp³-hybridized carbons (Fsp3) is 0.148. The molecule has 0 saturated carbocycles. The maximum atomic E-state index is 13.7. The van der Waals surface area contributed by atoms with E-state index in [2.05, 4.69) is 4.99 Å². The molecule has 1 aliphatic heterocycles. The lowest BCUT2D eigenvalue weighted by Crippen LogP contribution is -2.39. The Morgan fingerprint density at radius 3 is 2.69 bits per heavy atom. The molecule has 0 unspecified atom stereocenters. The molecular weight excluding hydrogens is 565 g/mol. The van der Waals surface area contributed by atoms with Crippen LogP contribution in [-0.2, 0) is 9.53 Å². The van der Waals surface area contributed by atoms with Crippen LogP contribution in [-0.4, -0.2) is 22.1 Å². The topological polar surface area (TPSA) is 117 Å². The number of nitro benzene ring substituents is 1. The number of aromatic nitrogens is 1. The number of hydrogen-bond donors (Lipinski definition) is 0. The molecule has 5 rings (SSSR count). The van der Waals surface area contributed by atoms with Gasteiger partial charge in [0.25, 0.3) is 11.2 Å². The lowest BCUT2D eigenvalue weighted by molar-refractivity contribution is -0.384. The summed E-state index contributed by atoms with van der Waals surface area (Å²) in [6.45, 7) is 3.45. The first-order valence-electron chi connectivity index (χ1n) is 11.7. The first-order valence-corrected chi connectivity index (χ1v) is 13.2. The van der Waals surface area contributed by atoms with Crippen molar-refractivity contribution in [1.82, 2.24) is 4.57 Å². The molecule has 0 aliphatic carbocycles. The number of non-ortho nitro benzene ring substituents is 1. The summed E-state index contributed by atoms with van der Waals surface area (Å²) in [4.78, 5) is 42.5. The highest BCUT2D eigenvalue weighted by Crippen LogP contribution is 2.37. The number of allylic oxidation sites excluding steroid dienone is 1. The van der Waals surface area contributed by atoms with Crippen LogP contribution in [0, 0.1) is 10.1 Å². The number of carbonyl (C=O) groups excluding carboxylic acids is 1. The molecule has 2 aromatic heterocycles. The van der Waals surface area contributed by atoms with Crippen LogP contribution in [0.1, 0.15) is 31.2 Å². The van der Waals surface area contributed by atoms with Crippen LogP contribution in [0.15, 0.2) is 80.1 Å². The van der Waals surface area contributed by atoms with Crippen LogP contribution in [0.25, 0.3) is 17.4 Å². The van der Waals surface area contributed by atoms with Gasteiger partial charge in [0.15, 0.2) is 4.80 Å². The Labute approximate surface area is 235 Å². The summed E-state index contributed by atoms with van der Waals surface area (Å²) in [6, 6.07) is 13.3. The minimum Gasteiger partial charge on any atom is -0.463 e. The molecule has 4 aromatic rings. The highest BCUT2D eigenvalue weighted by Gasteiger charge is 2.35. The quantitative estimate of drug-likeness (QED) is 0.173. The Hall–Kier alpha value is -3.99. The molecule has 198 valence electrons. The largest absolute Gasteiger partial charge is 0.463 e. The van der Waals surface area contributed by atoms with Gasteiger partial charge in [-0.25, -0.2) is 9.79 Å². The van der Waals surface area contributed by atoms with Crippen LogP contribution in [0.5, 0.6) is 0 Å². The zero-order valence-corrected chi connectivity index (χ0v) is 22.8. The second kappa shape index (κ2) is 10.6. The van der Waals surface area contributed by atoms with Crippen molar-refractivity contribution in [1.29, 1.82) is 0 Å². The average molecular weight is 584 g/mol. The van der Waals surface area contributed by atoms with E-state index in [1.807, 2.05) is 6.07 Å². The molecule has 0 N–H and O–H groups in total. The number of furan rings is 1. The number of halogens is 2. The molecule has 0 saturated heterocycles. The van der Waals surface area contributed by atoms with E-state index < -0.39 is 22.5 Å². The second-order valence-corrected chi connectivity index (χ2v) is 10.3. The minimum atomic E-state index is -1.00. The summed E-state index contributed by atoms with van der Waals surface area (Å²) in [6.07, 6.45) is 1.67. The van der Waals surface area contributed by atoms with E-state index in [9.17, 15) is 19.7 Å². The molecule has 0 fully saturated rings. The third-order valence-corrected chi connectivity index (χ3v) is 7.69. The highest BCUT2D eigenvalue weighted by molar-refractivity contribution is 7.07. The normalized spacial score (nSPS) is 15.2. The molecule has 39 heavy (non-hydrogen) atoms. The van der Waals surface area contributed by atoms with Gasteiger partial charge >= 0.3 is 5.97 Å². The van der Waals surface area contributed by atoms with Gasteiger partial charge in [-0.05, 0) is 49.8 Å². The van der Waals surface area contributed by atoms with Crippen LogP contribution in [0.4, 0.5) is 5.69 Å². The van der Waals surface area contributed by atoms with E-state index in [0.717, 1.165) is 11.3 Å². The Morgan fingerprint density at radius 1 is 1.21 bits per heavy atom. The smallest absolute Gasteiger partial charge is 0.338 e. The molecule has 12 heteroatoms. The maximum absolute atomic E-state index is 13.7. The lowest BCUT2D eigenvalue weighted by atomic mass is 10.0. The molecule has 3 heterocycles. The van der Waals surface area contributed by atoms with Crippen LogP contribution in [0.3, 0.4) is 0 Å². The fourth-order valence-corrected chi connectivity index (χ4v) is 5.69. The van der Waals surface area contributed by atoms with E-state index in [1.165, 1.54) is 22.8 Å². The van der Waals surface area contributed by atoms with E-state index in [0.29, 0.717) is 31.2 Å². The third kappa shape index (κ3) is 4.94. The van der Waals surface area contributed by atoms with Gasteiger partial charge in [-0.2, -0.15) is 0 Å². The van der Waals surface area contributed by atoms with Crippen LogP contribution in [0.2, 0.25) is 10.0 Å². The number of rotatable bonds is 6. The van der Waals surface area contributed by atoms with Gasteiger partial charge in [-0.1, -0.05) is 52.7 Å². The minimum absolute atomic E-state index is 0.117. The predicted molar refractivity (Wildman–Crippen MR) is 148 cm³/mol. The van der Waals surface area contributed by atoms with E-state index in [4.69, 9.17) is 32.4 Å². The SMILES string of the molecule is CCOC(=O)C1=C(C)N=c2s/c(=C\c3ccccc3Cl)c(=O)n2[C@H]1c1ccc(-c2cc([N+](=O)[O-])ccc2Cl)o1. The molecule has 2 aromatic carbocycles. The van der Waals surface area contributed by atoms with Crippen molar-refractivity contribution < 1.29 is 18.9 Å². The van der Waals surface area contributed by atoms with Crippen molar-refractivity contribution >= 4 is 52.3 Å². The fourth-order valence-electron chi connectivity index (χ4n) is 4.25. The summed E-state index contributed by atoms with van der Waals surface area (Å²) in [5, 5.41) is 12.0. The van der Waals surface area contributed by atoms with Crippen molar-refractivity contribution in [2.45, 2.75) is 19.9 Å². The maximum Gasteiger partial charge on any atom is 0.338 e. The monoisotopic (exact) mass is 583 g/mol. The van der Waals surface area contributed by atoms with Gasteiger partial charge in [-0.15, -0.1) is 0 Å². The molecule has 0 amide bonds. The number of ether oxygens (including phenoxy) is 1. The Kier molecular flexibility index (Phi) is 7.26. The summed E-state index contributed by atoms with van der Waals surface area (Å²) in [5.41, 5.74) is 0.895. The molecule has 1 aliphatic rings. The zero-order chi connectivity index (χ0) is 27.8. The van der Waals surface area contributed by atoms with Crippen LogP contribution < -0.4 is 14.9 Å². The number of fused-ring (bicyclic) bond motifs is 1. The van der Waals surface area contributed by atoms with Crippen molar-refractivity contribution in [2.75, 3.05) is 6.61 Å². The molecular formula is C27H19Cl2N3O6S. The van der Waals surface area contributed by atoms with Gasteiger partial charge < -0.3 is 9.15 Å². The predicted octanol–water partition coefficient (Wildman–Crippen LogP) is 5.27. The van der Waals surface area contributed by atoms with Crippen molar-refractivity contribution in [3.8, 4) is 11.3 Å². The van der Waals surface area contributed by atoms with Crippen molar-refractivity contribution in [3.05, 3.63) is 117 Å². The lowest BCUT2D eigenvalue weighted by Gasteiger charge is -2.22. The van der Waals surface area contributed by atoms with Gasteiger partial charge in [0, 0.05) is 22.7 Å².